The SMILES string of the molecule is COc1ccc(C(C)=O)c(C(=O)O)c1. The van der Waals surface area contributed by atoms with Gasteiger partial charge in [-0.05, 0) is 25.1 Å². The average Bonchev–Trinajstić information content (AvgIpc) is 2.16. The molecule has 74 valence electrons. The maximum absolute atomic E-state index is 11.1. The molecule has 0 aromatic heterocycles. The van der Waals surface area contributed by atoms with Gasteiger partial charge in [0.25, 0.3) is 0 Å². The van der Waals surface area contributed by atoms with Gasteiger partial charge in [-0.2, -0.15) is 0 Å². The molecule has 14 heavy (non-hydrogen) atoms. The molecule has 0 fully saturated rings. The first kappa shape index (κ1) is 10.2. The van der Waals surface area contributed by atoms with Gasteiger partial charge in [-0.25, -0.2) is 4.79 Å². The molecular weight excluding hydrogens is 184 g/mol. The number of rotatable bonds is 3. The lowest BCUT2D eigenvalue weighted by Crippen LogP contribution is -2.06. The van der Waals surface area contributed by atoms with Crippen molar-refractivity contribution in [2.75, 3.05) is 7.11 Å². The van der Waals surface area contributed by atoms with E-state index in [0.29, 0.717) is 5.75 Å². The molecule has 1 aromatic carbocycles. The molecule has 1 rings (SSSR count). The highest BCUT2D eigenvalue weighted by Gasteiger charge is 2.14. The molecule has 0 spiro atoms. The number of hydrogen-bond acceptors (Lipinski definition) is 3. The molecule has 4 heteroatoms. The Labute approximate surface area is 81.1 Å². The van der Waals surface area contributed by atoms with E-state index in [9.17, 15) is 9.59 Å². The summed E-state index contributed by atoms with van der Waals surface area (Å²) in [6, 6.07) is 4.34. The molecule has 0 saturated carbocycles. The molecule has 0 unspecified atom stereocenters. The van der Waals surface area contributed by atoms with Crippen LogP contribution in [-0.4, -0.2) is 24.0 Å². The van der Waals surface area contributed by atoms with Gasteiger partial charge in [-0.15, -0.1) is 0 Å². The van der Waals surface area contributed by atoms with Crippen molar-refractivity contribution >= 4 is 11.8 Å². The number of benzene rings is 1. The molecule has 0 amide bonds. The lowest BCUT2D eigenvalue weighted by molar-refractivity contribution is 0.0692. The third-order valence-corrected chi connectivity index (χ3v) is 1.84. The zero-order valence-electron chi connectivity index (χ0n) is 7.90. The Morgan fingerprint density at radius 2 is 1.93 bits per heavy atom. The first-order chi connectivity index (χ1) is 6.56. The Kier molecular flexibility index (Phi) is 2.86. The minimum Gasteiger partial charge on any atom is -0.497 e. The van der Waals surface area contributed by atoms with Crippen molar-refractivity contribution in [3.8, 4) is 5.75 Å². The van der Waals surface area contributed by atoms with E-state index >= 15 is 0 Å². The molecule has 0 aliphatic carbocycles. The van der Waals surface area contributed by atoms with E-state index in [1.165, 1.54) is 26.2 Å². The Hall–Kier alpha value is -1.84. The van der Waals surface area contributed by atoms with Gasteiger partial charge in [0, 0.05) is 5.56 Å². The highest BCUT2D eigenvalue weighted by atomic mass is 16.5. The summed E-state index contributed by atoms with van der Waals surface area (Å²) in [4.78, 5) is 21.9. The van der Waals surface area contributed by atoms with Crippen LogP contribution in [-0.2, 0) is 0 Å². The van der Waals surface area contributed by atoms with Gasteiger partial charge in [-0.1, -0.05) is 0 Å². The van der Waals surface area contributed by atoms with E-state index in [1.54, 1.807) is 6.07 Å². The number of aromatic carboxylic acids is 1. The first-order valence-electron chi connectivity index (χ1n) is 3.98. The van der Waals surface area contributed by atoms with Crippen LogP contribution in [0.2, 0.25) is 0 Å². The Morgan fingerprint density at radius 3 is 2.36 bits per heavy atom. The number of carboxylic acid groups (broad SMARTS) is 1. The Morgan fingerprint density at radius 1 is 1.29 bits per heavy atom. The third kappa shape index (κ3) is 1.90. The Balaban J connectivity index is 3.31. The topological polar surface area (TPSA) is 63.6 Å². The molecule has 0 heterocycles. The monoisotopic (exact) mass is 194 g/mol. The fourth-order valence-corrected chi connectivity index (χ4v) is 1.13. The fourth-order valence-electron chi connectivity index (χ4n) is 1.13. The van der Waals surface area contributed by atoms with Gasteiger partial charge in [0.05, 0.1) is 12.7 Å². The van der Waals surface area contributed by atoms with E-state index in [4.69, 9.17) is 9.84 Å². The van der Waals surface area contributed by atoms with Crippen LogP contribution in [0.25, 0.3) is 0 Å². The molecule has 0 bridgehead atoms. The van der Waals surface area contributed by atoms with Crippen LogP contribution in [0.4, 0.5) is 0 Å². The van der Waals surface area contributed by atoms with Crippen molar-refractivity contribution in [2.45, 2.75) is 6.92 Å². The molecule has 0 radical (unpaired) electrons. The van der Waals surface area contributed by atoms with E-state index < -0.39 is 5.97 Å². The highest BCUT2D eigenvalue weighted by molar-refractivity contribution is 6.05. The summed E-state index contributed by atoms with van der Waals surface area (Å²) in [6.07, 6.45) is 0. The van der Waals surface area contributed by atoms with Gasteiger partial charge >= 0.3 is 5.97 Å². The molecule has 0 saturated heterocycles. The van der Waals surface area contributed by atoms with Crippen molar-refractivity contribution in [2.24, 2.45) is 0 Å². The predicted molar refractivity (Wildman–Crippen MR) is 50.0 cm³/mol. The van der Waals surface area contributed by atoms with Crippen molar-refractivity contribution in [1.82, 2.24) is 0 Å². The van der Waals surface area contributed by atoms with E-state index in [2.05, 4.69) is 0 Å². The predicted octanol–water partition coefficient (Wildman–Crippen LogP) is 1.60. The van der Waals surface area contributed by atoms with Gasteiger partial charge in [0.15, 0.2) is 5.78 Å². The number of carbonyl (C=O) groups is 2. The number of Topliss-reactive ketones (excluding diaryl/α,β-unsaturated/α-hetero) is 1. The van der Waals surface area contributed by atoms with Crippen LogP contribution < -0.4 is 4.74 Å². The zero-order chi connectivity index (χ0) is 10.7. The van der Waals surface area contributed by atoms with Gasteiger partial charge in [-0.3, -0.25) is 4.79 Å². The van der Waals surface area contributed by atoms with Gasteiger partial charge in [0.2, 0.25) is 0 Å². The Bertz CT molecular complexity index is 382. The number of carboxylic acids is 1. The van der Waals surface area contributed by atoms with Crippen molar-refractivity contribution in [3.05, 3.63) is 29.3 Å². The number of ether oxygens (including phenoxy) is 1. The van der Waals surface area contributed by atoms with Gasteiger partial charge in [0.1, 0.15) is 5.75 Å². The average molecular weight is 194 g/mol. The third-order valence-electron chi connectivity index (χ3n) is 1.84. The molecular formula is C10H10O4. The summed E-state index contributed by atoms with van der Waals surface area (Å²) in [6.45, 7) is 1.33. The first-order valence-corrected chi connectivity index (χ1v) is 3.98. The zero-order valence-corrected chi connectivity index (χ0v) is 7.90. The summed E-state index contributed by atoms with van der Waals surface area (Å²) >= 11 is 0. The highest BCUT2D eigenvalue weighted by Crippen LogP contribution is 2.18. The van der Waals surface area contributed by atoms with Crippen LogP contribution in [0.3, 0.4) is 0 Å². The lowest BCUT2D eigenvalue weighted by atomic mass is 10.0. The number of ketones is 1. The molecule has 1 N–H and O–H groups in total. The van der Waals surface area contributed by atoms with E-state index in [-0.39, 0.29) is 16.9 Å². The van der Waals surface area contributed by atoms with Crippen molar-refractivity contribution < 1.29 is 19.4 Å². The number of hydrogen-bond donors (Lipinski definition) is 1. The van der Waals surface area contributed by atoms with Gasteiger partial charge < -0.3 is 9.84 Å². The summed E-state index contributed by atoms with van der Waals surface area (Å²) < 4.78 is 4.87. The summed E-state index contributed by atoms with van der Waals surface area (Å²) in [5.41, 5.74) is 0.162. The maximum atomic E-state index is 11.1. The molecule has 1 aromatic rings. The lowest BCUT2D eigenvalue weighted by Gasteiger charge is -2.04. The second-order valence-electron chi connectivity index (χ2n) is 2.77. The van der Waals surface area contributed by atoms with Crippen molar-refractivity contribution in [1.29, 1.82) is 0 Å². The standard InChI is InChI=1S/C10H10O4/c1-6(11)8-4-3-7(14-2)5-9(8)10(12)13/h3-5H,1-2H3,(H,12,13). The van der Waals surface area contributed by atoms with Crippen LogP contribution in [0.15, 0.2) is 18.2 Å². The second kappa shape index (κ2) is 3.91. The maximum Gasteiger partial charge on any atom is 0.336 e. The fraction of sp³-hybridized carbons (Fsp3) is 0.200. The minimum absolute atomic E-state index is 0.0307. The molecule has 0 aliphatic heterocycles. The van der Waals surface area contributed by atoms with E-state index in [0.717, 1.165) is 0 Å². The van der Waals surface area contributed by atoms with Crippen molar-refractivity contribution in [3.63, 3.8) is 0 Å². The normalized spacial score (nSPS) is 9.57. The smallest absolute Gasteiger partial charge is 0.336 e. The van der Waals surface area contributed by atoms with E-state index in [1.807, 2.05) is 0 Å². The largest absolute Gasteiger partial charge is 0.497 e. The van der Waals surface area contributed by atoms with Crippen LogP contribution in [0, 0.1) is 0 Å². The molecule has 0 aliphatic rings. The minimum atomic E-state index is -1.13. The summed E-state index contributed by atoms with van der Waals surface area (Å²) in [5, 5.41) is 8.83. The van der Waals surface area contributed by atoms with Crippen LogP contribution >= 0.6 is 0 Å². The van der Waals surface area contributed by atoms with Crippen LogP contribution in [0.1, 0.15) is 27.6 Å². The molecule has 0 atom stereocenters. The van der Waals surface area contributed by atoms with Crippen LogP contribution in [0.5, 0.6) is 5.75 Å². The number of methoxy groups -OCH3 is 1. The summed E-state index contributed by atoms with van der Waals surface area (Å²) in [5.74, 6) is -0.980. The molecule has 4 nitrogen and oxygen atoms in total. The quantitative estimate of drug-likeness (QED) is 0.742. The number of carbonyl (C=O) groups excluding carboxylic acids is 1. The summed E-state index contributed by atoms with van der Waals surface area (Å²) in [7, 11) is 1.44. The second-order valence-corrected chi connectivity index (χ2v) is 2.77.